The van der Waals surface area contributed by atoms with Gasteiger partial charge in [-0.05, 0) is 43.6 Å². The molecule has 1 aromatic carbocycles. The van der Waals surface area contributed by atoms with E-state index < -0.39 is 36.1 Å². The predicted octanol–water partition coefficient (Wildman–Crippen LogP) is 2.28. The molecule has 11 heteroatoms. The fraction of sp³-hybridized carbons (Fsp3) is 0.607. The Morgan fingerprint density at radius 3 is 2.44 bits per heavy atom. The van der Waals surface area contributed by atoms with E-state index in [-0.39, 0.29) is 24.3 Å². The smallest absolute Gasteiger partial charge is 0.407 e. The van der Waals surface area contributed by atoms with Crippen LogP contribution in [0.25, 0.3) is 0 Å². The lowest BCUT2D eigenvalue weighted by atomic mass is 9.97. The van der Waals surface area contributed by atoms with Crippen molar-refractivity contribution in [3.05, 3.63) is 35.9 Å². The lowest BCUT2D eigenvalue weighted by Crippen LogP contribution is -2.57. The van der Waals surface area contributed by atoms with Crippen LogP contribution in [0.15, 0.2) is 30.3 Å². The fourth-order valence-corrected chi connectivity index (χ4v) is 4.49. The van der Waals surface area contributed by atoms with E-state index in [2.05, 4.69) is 16.0 Å². The zero-order chi connectivity index (χ0) is 28.8. The van der Waals surface area contributed by atoms with Crippen LogP contribution in [0, 0.1) is 5.92 Å². The molecule has 0 radical (unpaired) electrons. The summed E-state index contributed by atoms with van der Waals surface area (Å²) in [5.74, 6) is -1.79. The van der Waals surface area contributed by atoms with Crippen LogP contribution in [0.4, 0.5) is 4.79 Å². The highest BCUT2D eigenvalue weighted by Gasteiger charge is 2.39. The van der Waals surface area contributed by atoms with Crippen LogP contribution < -0.4 is 16.0 Å². The second-order valence-electron chi connectivity index (χ2n) is 9.82. The SMILES string of the molecule is CC[C@H](C)[C@H](NC(C)=O)C(=O)N[C@@H](CCCCNC(=O)OCc1ccccc1)C(=O)N1CCC[C@H]1C(=O)OC. The van der Waals surface area contributed by atoms with Gasteiger partial charge in [0.15, 0.2) is 0 Å². The third kappa shape index (κ3) is 10.2. The van der Waals surface area contributed by atoms with E-state index in [0.717, 1.165) is 5.56 Å². The monoisotopic (exact) mass is 546 g/mol. The number of carbonyl (C=O) groups is 5. The second-order valence-corrected chi connectivity index (χ2v) is 9.82. The number of likely N-dealkylation sites (tertiary alicyclic amines) is 1. The van der Waals surface area contributed by atoms with Gasteiger partial charge in [-0.25, -0.2) is 9.59 Å². The number of nitrogens with zero attached hydrogens (tertiary/aromatic N) is 1. The maximum absolute atomic E-state index is 13.5. The Hall–Kier alpha value is -3.63. The number of carbonyl (C=O) groups excluding carboxylic acids is 5. The number of esters is 1. The quantitative estimate of drug-likeness (QED) is 0.240. The van der Waals surface area contributed by atoms with Crippen molar-refractivity contribution in [3.8, 4) is 0 Å². The fourth-order valence-electron chi connectivity index (χ4n) is 4.49. The molecule has 1 fully saturated rings. The van der Waals surface area contributed by atoms with E-state index in [0.29, 0.717) is 51.6 Å². The van der Waals surface area contributed by atoms with Crippen LogP contribution in [0.2, 0.25) is 0 Å². The topological polar surface area (TPSA) is 143 Å². The molecule has 4 atom stereocenters. The van der Waals surface area contributed by atoms with Gasteiger partial charge < -0.3 is 30.3 Å². The maximum Gasteiger partial charge on any atom is 0.407 e. The van der Waals surface area contributed by atoms with Crippen LogP contribution in [-0.2, 0) is 35.3 Å². The number of unbranched alkanes of at least 4 members (excludes halogenated alkanes) is 1. The molecule has 1 aliphatic rings. The van der Waals surface area contributed by atoms with Crippen LogP contribution in [0.1, 0.15) is 64.9 Å². The number of alkyl carbamates (subject to hydrolysis) is 1. The van der Waals surface area contributed by atoms with Gasteiger partial charge in [0.25, 0.3) is 0 Å². The lowest BCUT2D eigenvalue weighted by molar-refractivity contribution is -0.152. The minimum atomic E-state index is -0.895. The minimum absolute atomic E-state index is 0.148. The van der Waals surface area contributed by atoms with Gasteiger partial charge in [0.1, 0.15) is 24.7 Å². The van der Waals surface area contributed by atoms with E-state index in [1.807, 2.05) is 44.2 Å². The van der Waals surface area contributed by atoms with Gasteiger partial charge in [-0.2, -0.15) is 0 Å². The Balaban J connectivity index is 1.98. The van der Waals surface area contributed by atoms with E-state index >= 15 is 0 Å². The molecule has 1 saturated heterocycles. The molecule has 0 bridgehead atoms. The van der Waals surface area contributed by atoms with Crippen molar-refractivity contribution in [2.75, 3.05) is 20.2 Å². The number of ether oxygens (including phenoxy) is 2. The Labute approximate surface area is 230 Å². The van der Waals surface area contributed by atoms with Crippen molar-refractivity contribution in [2.45, 2.75) is 84.0 Å². The molecule has 11 nitrogen and oxygen atoms in total. The number of rotatable bonds is 14. The minimum Gasteiger partial charge on any atom is -0.467 e. The molecular formula is C28H42N4O7. The van der Waals surface area contributed by atoms with Crippen LogP contribution in [-0.4, -0.2) is 73.0 Å². The number of hydrogen-bond donors (Lipinski definition) is 3. The van der Waals surface area contributed by atoms with E-state index in [1.165, 1.54) is 18.9 Å². The number of methoxy groups -OCH3 is 1. The molecule has 0 aromatic heterocycles. The number of amides is 4. The van der Waals surface area contributed by atoms with Gasteiger partial charge >= 0.3 is 12.1 Å². The van der Waals surface area contributed by atoms with Crippen molar-refractivity contribution >= 4 is 29.8 Å². The Morgan fingerprint density at radius 1 is 1.08 bits per heavy atom. The summed E-state index contributed by atoms with van der Waals surface area (Å²) in [5.41, 5.74) is 0.881. The Morgan fingerprint density at radius 2 is 1.79 bits per heavy atom. The predicted molar refractivity (Wildman–Crippen MR) is 144 cm³/mol. The Bertz CT molecular complexity index is 972. The summed E-state index contributed by atoms with van der Waals surface area (Å²) in [5, 5.41) is 8.19. The summed E-state index contributed by atoms with van der Waals surface area (Å²) in [6.07, 6.45) is 2.62. The highest BCUT2D eigenvalue weighted by Crippen LogP contribution is 2.21. The lowest BCUT2D eigenvalue weighted by Gasteiger charge is -2.30. The Kier molecular flexibility index (Phi) is 13.2. The van der Waals surface area contributed by atoms with Crippen molar-refractivity contribution in [1.29, 1.82) is 0 Å². The van der Waals surface area contributed by atoms with Crippen LogP contribution >= 0.6 is 0 Å². The molecular weight excluding hydrogens is 504 g/mol. The number of nitrogens with one attached hydrogen (secondary N) is 3. The maximum atomic E-state index is 13.5. The van der Waals surface area contributed by atoms with Crippen LogP contribution in [0.5, 0.6) is 0 Å². The molecule has 1 aliphatic heterocycles. The highest BCUT2D eigenvalue weighted by atomic mass is 16.5. The molecule has 39 heavy (non-hydrogen) atoms. The number of hydrogen-bond acceptors (Lipinski definition) is 7. The first-order valence-electron chi connectivity index (χ1n) is 13.6. The first-order chi connectivity index (χ1) is 18.7. The highest BCUT2D eigenvalue weighted by molar-refractivity contribution is 5.93. The normalized spacial score (nSPS) is 16.9. The molecule has 0 aliphatic carbocycles. The average molecular weight is 547 g/mol. The van der Waals surface area contributed by atoms with Gasteiger partial charge in [-0.15, -0.1) is 0 Å². The molecule has 0 unspecified atom stereocenters. The summed E-state index contributed by atoms with van der Waals surface area (Å²) < 4.78 is 10.1. The van der Waals surface area contributed by atoms with Crippen molar-refractivity contribution in [1.82, 2.24) is 20.9 Å². The van der Waals surface area contributed by atoms with E-state index in [4.69, 9.17) is 9.47 Å². The van der Waals surface area contributed by atoms with Crippen molar-refractivity contribution in [2.24, 2.45) is 5.92 Å². The molecule has 3 N–H and O–H groups in total. The zero-order valence-electron chi connectivity index (χ0n) is 23.4. The van der Waals surface area contributed by atoms with Gasteiger partial charge in [-0.3, -0.25) is 14.4 Å². The van der Waals surface area contributed by atoms with Crippen molar-refractivity contribution in [3.63, 3.8) is 0 Å². The molecule has 216 valence electrons. The van der Waals surface area contributed by atoms with E-state index in [1.54, 1.807) is 0 Å². The molecule has 0 spiro atoms. The van der Waals surface area contributed by atoms with Crippen LogP contribution in [0.3, 0.4) is 0 Å². The van der Waals surface area contributed by atoms with Gasteiger partial charge in [0, 0.05) is 20.0 Å². The van der Waals surface area contributed by atoms with Gasteiger partial charge in [0.2, 0.25) is 17.7 Å². The zero-order valence-corrected chi connectivity index (χ0v) is 23.4. The summed E-state index contributed by atoms with van der Waals surface area (Å²) in [7, 11) is 1.28. The van der Waals surface area contributed by atoms with Gasteiger partial charge in [-0.1, -0.05) is 50.6 Å². The second kappa shape index (κ2) is 16.4. The molecule has 1 heterocycles. The largest absolute Gasteiger partial charge is 0.467 e. The molecule has 1 aromatic rings. The van der Waals surface area contributed by atoms with Crippen molar-refractivity contribution < 1.29 is 33.4 Å². The molecule has 4 amide bonds. The first-order valence-corrected chi connectivity index (χ1v) is 13.6. The third-order valence-corrected chi connectivity index (χ3v) is 6.88. The summed E-state index contributed by atoms with van der Waals surface area (Å²) in [4.78, 5) is 64.1. The number of benzene rings is 1. The third-order valence-electron chi connectivity index (χ3n) is 6.88. The summed E-state index contributed by atoms with van der Waals surface area (Å²) in [6.45, 7) is 6.00. The first kappa shape index (κ1) is 31.6. The standard InChI is InChI=1S/C28H42N4O7/c1-5-19(2)24(30-20(3)33)25(34)31-22(26(35)32-17-11-15-23(32)27(36)38-4)14-9-10-16-29-28(37)39-18-21-12-7-6-8-13-21/h6-8,12-13,19,22-24H,5,9-11,14-18H2,1-4H3,(H,29,37)(H,30,33)(H,31,34)/t19-,22-,23-,24-/m0/s1. The summed E-state index contributed by atoms with van der Waals surface area (Å²) in [6, 6.07) is 6.96. The average Bonchev–Trinajstić information content (AvgIpc) is 3.43. The van der Waals surface area contributed by atoms with E-state index in [9.17, 15) is 24.0 Å². The molecule has 2 rings (SSSR count). The van der Waals surface area contributed by atoms with Gasteiger partial charge in [0.05, 0.1) is 7.11 Å². The molecule has 0 saturated carbocycles. The summed E-state index contributed by atoms with van der Waals surface area (Å²) >= 11 is 0.